The Balaban J connectivity index is 1.88. The second-order valence-electron chi connectivity index (χ2n) is 5.82. The Bertz CT molecular complexity index is 1200. The molecule has 0 bridgehead atoms. The number of H-pyrrole nitrogens is 2. The van der Waals surface area contributed by atoms with E-state index in [9.17, 15) is 0 Å². The molecule has 7 nitrogen and oxygen atoms in total. The van der Waals surface area contributed by atoms with Gasteiger partial charge < -0.3 is 10.7 Å². The average molecular weight is 343 g/mol. The number of nitrogen functional groups attached to an aromatic ring is 1. The maximum absolute atomic E-state index is 5.83. The van der Waals surface area contributed by atoms with E-state index < -0.39 is 0 Å². The van der Waals surface area contributed by atoms with Gasteiger partial charge in [0.15, 0.2) is 11.5 Å². The lowest BCUT2D eigenvalue weighted by molar-refractivity contribution is 1.05. The van der Waals surface area contributed by atoms with Crippen molar-refractivity contribution in [1.82, 2.24) is 30.1 Å². The van der Waals surface area contributed by atoms with Crippen molar-refractivity contribution in [1.29, 1.82) is 0 Å². The number of nitrogens with zero attached hydrogens (tertiary/aromatic N) is 4. The zero-order valence-corrected chi connectivity index (χ0v) is 14.2. The van der Waals surface area contributed by atoms with Crippen LogP contribution in [-0.4, -0.2) is 30.1 Å². The van der Waals surface area contributed by atoms with E-state index >= 15 is 0 Å². The van der Waals surface area contributed by atoms with E-state index in [-0.39, 0.29) is 0 Å². The zero-order chi connectivity index (χ0) is 18.1. The van der Waals surface area contributed by atoms with Gasteiger partial charge in [-0.1, -0.05) is 12.7 Å². The van der Waals surface area contributed by atoms with Crippen molar-refractivity contribution in [2.24, 2.45) is 0 Å². The van der Waals surface area contributed by atoms with Gasteiger partial charge in [0.2, 0.25) is 0 Å². The smallest absolute Gasteiger partial charge is 0.178 e. The van der Waals surface area contributed by atoms with E-state index in [4.69, 9.17) is 5.73 Å². The molecule has 0 amide bonds. The third-order valence-electron chi connectivity index (χ3n) is 4.05. The Morgan fingerprint density at radius 1 is 1.31 bits per heavy atom. The molecule has 0 aliphatic heterocycles. The van der Waals surface area contributed by atoms with E-state index in [1.54, 1.807) is 18.6 Å². The maximum atomic E-state index is 5.83. The minimum absolute atomic E-state index is 0.593. The Hall–Kier alpha value is -3.74. The van der Waals surface area contributed by atoms with Crippen molar-refractivity contribution in [2.45, 2.75) is 6.92 Å². The summed E-state index contributed by atoms with van der Waals surface area (Å²) in [7, 11) is 0. The second-order valence-corrected chi connectivity index (χ2v) is 5.82. The van der Waals surface area contributed by atoms with Crippen LogP contribution in [0.15, 0.2) is 43.4 Å². The fourth-order valence-corrected chi connectivity index (χ4v) is 2.76. The summed E-state index contributed by atoms with van der Waals surface area (Å²) in [4.78, 5) is 16.2. The molecule has 0 aliphatic carbocycles. The molecule has 4 aromatic rings. The number of fused-ring (bicyclic) bond motifs is 1. The van der Waals surface area contributed by atoms with Crippen molar-refractivity contribution in [3.05, 3.63) is 59.5 Å². The Kier molecular flexibility index (Phi) is 3.81. The van der Waals surface area contributed by atoms with Gasteiger partial charge in [-0.25, -0.2) is 9.97 Å². The van der Waals surface area contributed by atoms with Gasteiger partial charge in [0.25, 0.3) is 0 Å². The number of imidazole rings is 1. The summed E-state index contributed by atoms with van der Waals surface area (Å²) >= 11 is 0. The molecule has 0 aliphatic rings. The van der Waals surface area contributed by atoms with Gasteiger partial charge >= 0.3 is 0 Å². The number of aromatic nitrogens is 6. The number of nitrogens with two attached hydrogens (primary N) is 1. The average Bonchev–Trinajstić information content (AvgIpc) is 3.24. The molecule has 4 rings (SSSR count). The largest absolute Gasteiger partial charge is 0.397 e. The predicted molar refractivity (Wildman–Crippen MR) is 103 cm³/mol. The number of hydrogen-bond acceptors (Lipinski definition) is 5. The number of pyridine rings is 2. The molecule has 0 aromatic carbocycles. The first-order valence-corrected chi connectivity index (χ1v) is 8.09. The normalized spacial score (nSPS) is 12.8. The topological polar surface area (TPSA) is 109 Å². The van der Waals surface area contributed by atoms with Gasteiger partial charge in [-0.15, -0.1) is 0 Å². The SMILES string of the molecule is C=C(/C=c1/c(-c2nc3ncccc3[nH]2)n[nH]/c1=C/C)c1cncc(N)c1. The summed E-state index contributed by atoms with van der Waals surface area (Å²) in [5.74, 6) is 0.646. The highest BCUT2D eigenvalue weighted by Crippen LogP contribution is 2.17. The van der Waals surface area contributed by atoms with Crippen LogP contribution in [0, 0.1) is 0 Å². The molecule has 0 atom stereocenters. The predicted octanol–water partition coefficient (Wildman–Crippen LogP) is 1.62. The molecule has 0 fully saturated rings. The van der Waals surface area contributed by atoms with Crippen LogP contribution in [0.5, 0.6) is 0 Å². The summed E-state index contributed by atoms with van der Waals surface area (Å²) in [5.41, 5.74) is 10.3. The number of allylic oxidation sites excluding steroid dienone is 1. The van der Waals surface area contributed by atoms with Crippen LogP contribution in [0.3, 0.4) is 0 Å². The van der Waals surface area contributed by atoms with Gasteiger partial charge in [0, 0.05) is 29.4 Å². The van der Waals surface area contributed by atoms with Crippen LogP contribution >= 0.6 is 0 Å². The fraction of sp³-hybridized carbons (Fsp3) is 0.0526. The summed E-state index contributed by atoms with van der Waals surface area (Å²) in [5, 5.41) is 9.23. The van der Waals surface area contributed by atoms with Crippen molar-refractivity contribution in [2.75, 3.05) is 5.73 Å². The molecule has 0 radical (unpaired) electrons. The molecule has 0 unspecified atom stereocenters. The van der Waals surface area contributed by atoms with E-state index in [2.05, 4.69) is 36.7 Å². The standard InChI is InChI=1S/C19H17N7/c1-3-15-14(7-11(2)12-8-13(20)10-21-9-12)17(26-25-15)19-23-16-5-4-6-22-18(16)24-19/h3-10,25H,2,20H2,1H3,(H,22,23,24)/b14-7+,15-3+. The first-order chi connectivity index (χ1) is 12.7. The molecular formula is C19H17N7. The molecular weight excluding hydrogens is 326 g/mol. The zero-order valence-electron chi connectivity index (χ0n) is 14.2. The lowest BCUT2D eigenvalue weighted by Gasteiger charge is -2.01. The van der Waals surface area contributed by atoms with Gasteiger partial charge in [-0.05, 0) is 36.8 Å². The molecule has 0 saturated carbocycles. The van der Waals surface area contributed by atoms with Crippen LogP contribution < -0.4 is 16.3 Å². The lowest BCUT2D eigenvalue weighted by Crippen LogP contribution is -2.23. The summed E-state index contributed by atoms with van der Waals surface area (Å²) in [6.07, 6.45) is 8.95. The quantitative estimate of drug-likeness (QED) is 0.524. The molecule has 128 valence electrons. The summed E-state index contributed by atoms with van der Waals surface area (Å²) in [6.45, 7) is 6.09. The number of anilines is 1. The number of hydrogen-bond donors (Lipinski definition) is 3. The third kappa shape index (κ3) is 2.75. The first kappa shape index (κ1) is 15.8. The van der Waals surface area contributed by atoms with Crippen molar-refractivity contribution in [3.63, 3.8) is 0 Å². The Morgan fingerprint density at radius 3 is 2.96 bits per heavy atom. The highest BCUT2D eigenvalue weighted by Gasteiger charge is 2.11. The number of nitrogens with one attached hydrogen (secondary N) is 2. The van der Waals surface area contributed by atoms with Crippen LogP contribution in [-0.2, 0) is 0 Å². The molecule has 26 heavy (non-hydrogen) atoms. The van der Waals surface area contributed by atoms with E-state index in [1.165, 1.54) is 0 Å². The second kappa shape index (κ2) is 6.29. The van der Waals surface area contributed by atoms with Crippen molar-refractivity contribution in [3.8, 4) is 11.5 Å². The van der Waals surface area contributed by atoms with Crippen molar-refractivity contribution < 1.29 is 0 Å². The van der Waals surface area contributed by atoms with Crippen LogP contribution in [0.25, 0.3) is 40.4 Å². The van der Waals surface area contributed by atoms with Gasteiger partial charge in [0.05, 0.1) is 16.6 Å². The first-order valence-electron chi connectivity index (χ1n) is 8.09. The van der Waals surface area contributed by atoms with Gasteiger partial charge in [-0.2, -0.15) is 5.10 Å². The van der Waals surface area contributed by atoms with E-state index in [0.717, 1.165) is 27.2 Å². The maximum Gasteiger partial charge on any atom is 0.178 e. The Morgan fingerprint density at radius 2 is 2.19 bits per heavy atom. The highest BCUT2D eigenvalue weighted by atomic mass is 15.1. The minimum Gasteiger partial charge on any atom is -0.397 e. The number of aromatic amines is 2. The highest BCUT2D eigenvalue weighted by molar-refractivity contribution is 5.88. The monoisotopic (exact) mass is 343 g/mol. The third-order valence-corrected chi connectivity index (χ3v) is 4.05. The molecule has 7 heteroatoms. The van der Waals surface area contributed by atoms with Crippen LogP contribution in [0.1, 0.15) is 12.5 Å². The molecule has 4 heterocycles. The molecule has 0 saturated heterocycles. The van der Waals surface area contributed by atoms with Crippen LogP contribution in [0.4, 0.5) is 5.69 Å². The van der Waals surface area contributed by atoms with E-state index in [0.29, 0.717) is 22.9 Å². The molecule has 4 N–H and O–H groups in total. The Labute approximate surface area is 149 Å². The minimum atomic E-state index is 0.593. The molecule has 0 spiro atoms. The summed E-state index contributed by atoms with van der Waals surface area (Å²) in [6, 6.07) is 5.63. The lowest BCUT2D eigenvalue weighted by atomic mass is 10.1. The van der Waals surface area contributed by atoms with Crippen LogP contribution in [0.2, 0.25) is 0 Å². The van der Waals surface area contributed by atoms with Gasteiger partial charge in [-0.3, -0.25) is 10.1 Å². The summed E-state index contributed by atoms with van der Waals surface area (Å²) < 4.78 is 0. The van der Waals surface area contributed by atoms with Crippen molar-refractivity contribution >= 4 is 34.6 Å². The van der Waals surface area contributed by atoms with E-state index in [1.807, 2.05) is 37.3 Å². The fourth-order valence-electron chi connectivity index (χ4n) is 2.76. The van der Waals surface area contributed by atoms with Gasteiger partial charge in [0.1, 0.15) is 5.69 Å². The molecule has 4 aromatic heterocycles. The number of rotatable bonds is 3.